The molecular formula is C14H14FN. The topological polar surface area (TPSA) is 12.0 Å². The molecule has 0 aliphatic carbocycles. The first-order chi connectivity index (χ1) is 7.75. The lowest BCUT2D eigenvalue weighted by Gasteiger charge is -2.07. The number of benzene rings is 2. The largest absolute Gasteiger partial charge is 0.381 e. The third kappa shape index (κ3) is 2.60. The molecule has 0 aromatic heterocycles. The van der Waals surface area contributed by atoms with Crippen molar-refractivity contribution in [3.63, 3.8) is 0 Å². The Morgan fingerprint density at radius 1 is 1.06 bits per heavy atom. The molecule has 2 aromatic rings. The SMILES string of the molecule is Cc1ccc(CNc2ccccc2)c(F)c1. The second-order valence-corrected chi connectivity index (χ2v) is 3.81. The molecular weight excluding hydrogens is 201 g/mol. The molecule has 0 saturated heterocycles. The van der Waals surface area contributed by atoms with Crippen LogP contribution in [-0.4, -0.2) is 0 Å². The van der Waals surface area contributed by atoms with E-state index in [4.69, 9.17) is 0 Å². The van der Waals surface area contributed by atoms with Gasteiger partial charge in [-0.25, -0.2) is 4.39 Å². The summed E-state index contributed by atoms with van der Waals surface area (Å²) in [5.41, 5.74) is 2.64. The maximum Gasteiger partial charge on any atom is 0.128 e. The Labute approximate surface area is 94.9 Å². The molecule has 0 radical (unpaired) electrons. The number of hydrogen-bond donors (Lipinski definition) is 1. The smallest absolute Gasteiger partial charge is 0.128 e. The van der Waals surface area contributed by atoms with Crippen LogP contribution in [0.2, 0.25) is 0 Å². The summed E-state index contributed by atoms with van der Waals surface area (Å²) in [7, 11) is 0. The van der Waals surface area contributed by atoms with Gasteiger partial charge in [0.25, 0.3) is 0 Å². The fourth-order valence-electron chi connectivity index (χ4n) is 1.55. The summed E-state index contributed by atoms with van der Waals surface area (Å²) in [5.74, 6) is -0.150. The molecule has 0 amide bonds. The highest BCUT2D eigenvalue weighted by molar-refractivity contribution is 5.43. The Morgan fingerprint density at radius 3 is 2.50 bits per heavy atom. The third-order valence-corrected chi connectivity index (χ3v) is 2.47. The van der Waals surface area contributed by atoms with Gasteiger partial charge < -0.3 is 5.32 Å². The molecule has 2 heteroatoms. The number of rotatable bonds is 3. The van der Waals surface area contributed by atoms with E-state index < -0.39 is 0 Å². The summed E-state index contributed by atoms with van der Waals surface area (Å²) in [4.78, 5) is 0. The summed E-state index contributed by atoms with van der Waals surface area (Å²) in [6, 6.07) is 15.1. The van der Waals surface area contributed by atoms with Crippen LogP contribution in [0.5, 0.6) is 0 Å². The lowest BCUT2D eigenvalue weighted by Crippen LogP contribution is -2.01. The van der Waals surface area contributed by atoms with E-state index in [1.165, 1.54) is 0 Å². The van der Waals surface area contributed by atoms with Crippen molar-refractivity contribution in [3.8, 4) is 0 Å². The fraction of sp³-hybridized carbons (Fsp3) is 0.143. The molecule has 2 aromatic carbocycles. The Hall–Kier alpha value is -1.83. The molecule has 1 N–H and O–H groups in total. The van der Waals surface area contributed by atoms with E-state index in [2.05, 4.69) is 5.32 Å². The zero-order chi connectivity index (χ0) is 11.4. The van der Waals surface area contributed by atoms with Crippen molar-refractivity contribution in [1.82, 2.24) is 0 Å². The number of halogens is 1. The van der Waals surface area contributed by atoms with Gasteiger partial charge in [0.1, 0.15) is 5.82 Å². The predicted octanol–water partition coefficient (Wildman–Crippen LogP) is 3.75. The molecule has 0 bridgehead atoms. The van der Waals surface area contributed by atoms with Gasteiger partial charge in [-0.3, -0.25) is 0 Å². The van der Waals surface area contributed by atoms with Gasteiger partial charge in [-0.1, -0.05) is 30.3 Å². The van der Waals surface area contributed by atoms with Crippen molar-refractivity contribution in [2.45, 2.75) is 13.5 Å². The van der Waals surface area contributed by atoms with E-state index >= 15 is 0 Å². The highest BCUT2D eigenvalue weighted by Crippen LogP contribution is 2.12. The van der Waals surface area contributed by atoms with Gasteiger partial charge >= 0.3 is 0 Å². The van der Waals surface area contributed by atoms with Crippen molar-refractivity contribution in [1.29, 1.82) is 0 Å². The van der Waals surface area contributed by atoms with Gasteiger partial charge in [0.05, 0.1) is 0 Å². The van der Waals surface area contributed by atoms with Gasteiger partial charge in [0.2, 0.25) is 0 Å². The Bertz CT molecular complexity index is 465. The number of anilines is 1. The molecule has 0 saturated carbocycles. The van der Waals surface area contributed by atoms with Gasteiger partial charge in [-0.2, -0.15) is 0 Å². The molecule has 0 aliphatic heterocycles. The van der Waals surface area contributed by atoms with E-state index in [0.29, 0.717) is 12.1 Å². The summed E-state index contributed by atoms with van der Waals surface area (Å²) in [5, 5.41) is 3.18. The molecule has 0 spiro atoms. The Balaban J connectivity index is 2.05. The minimum atomic E-state index is -0.150. The second-order valence-electron chi connectivity index (χ2n) is 3.81. The van der Waals surface area contributed by atoms with Crippen LogP contribution in [0.25, 0.3) is 0 Å². The molecule has 1 nitrogen and oxygen atoms in total. The fourth-order valence-corrected chi connectivity index (χ4v) is 1.55. The first-order valence-electron chi connectivity index (χ1n) is 5.29. The van der Waals surface area contributed by atoms with Crippen molar-refractivity contribution >= 4 is 5.69 Å². The Morgan fingerprint density at radius 2 is 1.81 bits per heavy atom. The summed E-state index contributed by atoms with van der Waals surface area (Å²) >= 11 is 0. The Kier molecular flexibility index (Phi) is 3.20. The van der Waals surface area contributed by atoms with Gasteiger partial charge in [0, 0.05) is 17.8 Å². The van der Waals surface area contributed by atoms with E-state index in [1.54, 1.807) is 6.07 Å². The number of nitrogens with one attached hydrogen (secondary N) is 1. The molecule has 16 heavy (non-hydrogen) atoms. The van der Waals surface area contributed by atoms with Crippen LogP contribution in [0.1, 0.15) is 11.1 Å². The molecule has 0 aliphatic rings. The van der Waals surface area contributed by atoms with Crippen LogP contribution < -0.4 is 5.32 Å². The maximum atomic E-state index is 13.5. The quantitative estimate of drug-likeness (QED) is 0.822. The molecule has 0 unspecified atom stereocenters. The zero-order valence-corrected chi connectivity index (χ0v) is 9.20. The van der Waals surface area contributed by atoms with E-state index in [-0.39, 0.29) is 5.82 Å². The molecule has 2 rings (SSSR count). The van der Waals surface area contributed by atoms with Crippen LogP contribution in [0.4, 0.5) is 10.1 Å². The minimum Gasteiger partial charge on any atom is -0.381 e. The summed E-state index contributed by atoms with van der Waals surface area (Å²) < 4.78 is 13.5. The van der Waals surface area contributed by atoms with Crippen LogP contribution in [0.3, 0.4) is 0 Å². The van der Waals surface area contributed by atoms with Crippen LogP contribution >= 0.6 is 0 Å². The van der Waals surface area contributed by atoms with Crippen molar-refractivity contribution in [2.24, 2.45) is 0 Å². The van der Waals surface area contributed by atoms with Gasteiger partial charge in [-0.15, -0.1) is 0 Å². The second kappa shape index (κ2) is 4.79. The monoisotopic (exact) mass is 215 g/mol. The van der Waals surface area contributed by atoms with Crippen LogP contribution in [0, 0.1) is 12.7 Å². The number of para-hydroxylation sites is 1. The summed E-state index contributed by atoms with van der Waals surface area (Å²) in [6.07, 6.45) is 0. The first kappa shape index (κ1) is 10.7. The highest BCUT2D eigenvalue weighted by atomic mass is 19.1. The normalized spacial score (nSPS) is 10.1. The minimum absolute atomic E-state index is 0.150. The standard InChI is InChI=1S/C14H14FN/c1-11-7-8-12(14(15)9-11)10-16-13-5-3-2-4-6-13/h2-9,16H,10H2,1H3. The molecule has 0 heterocycles. The average Bonchev–Trinajstić information content (AvgIpc) is 2.29. The van der Waals surface area contributed by atoms with Crippen molar-refractivity contribution in [2.75, 3.05) is 5.32 Å². The average molecular weight is 215 g/mol. The van der Waals surface area contributed by atoms with E-state index in [9.17, 15) is 4.39 Å². The zero-order valence-electron chi connectivity index (χ0n) is 9.20. The predicted molar refractivity (Wildman–Crippen MR) is 64.9 cm³/mol. The lowest BCUT2D eigenvalue weighted by atomic mass is 10.1. The van der Waals surface area contributed by atoms with Crippen LogP contribution in [0.15, 0.2) is 48.5 Å². The number of aryl methyl sites for hydroxylation is 1. The van der Waals surface area contributed by atoms with Gasteiger partial charge in [0.15, 0.2) is 0 Å². The van der Waals surface area contributed by atoms with E-state index in [1.807, 2.05) is 49.4 Å². The summed E-state index contributed by atoms with van der Waals surface area (Å²) in [6.45, 7) is 2.40. The molecule has 82 valence electrons. The van der Waals surface area contributed by atoms with Crippen LogP contribution in [-0.2, 0) is 6.54 Å². The van der Waals surface area contributed by atoms with E-state index in [0.717, 1.165) is 11.3 Å². The molecule has 0 fully saturated rings. The highest BCUT2D eigenvalue weighted by Gasteiger charge is 2.01. The van der Waals surface area contributed by atoms with Gasteiger partial charge in [-0.05, 0) is 30.7 Å². The first-order valence-corrected chi connectivity index (χ1v) is 5.29. The van der Waals surface area contributed by atoms with Crippen molar-refractivity contribution in [3.05, 3.63) is 65.5 Å². The lowest BCUT2D eigenvalue weighted by molar-refractivity contribution is 0.611. The van der Waals surface area contributed by atoms with Crippen molar-refractivity contribution < 1.29 is 4.39 Å². The molecule has 0 atom stereocenters. The third-order valence-electron chi connectivity index (χ3n) is 2.47. The maximum absolute atomic E-state index is 13.5. The number of hydrogen-bond acceptors (Lipinski definition) is 1.